The maximum absolute atomic E-state index is 12.9. The Morgan fingerprint density at radius 1 is 1.19 bits per heavy atom. The van der Waals surface area contributed by atoms with E-state index in [0.29, 0.717) is 17.8 Å². The summed E-state index contributed by atoms with van der Waals surface area (Å²) in [6, 6.07) is 3.28. The molecule has 1 atom stereocenters. The second-order valence-electron chi connectivity index (χ2n) is 3.38. The van der Waals surface area contributed by atoms with E-state index in [-0.39, 0.29) is 6.04 Å². The van der Waals surface area contributed by atoms with E-state index in [4.69, 9.17) is 10.9 Å². The molecule has 0 spiro atoms. The fraction of sp³-hybridized carbons (Fsp3) is 0.300. The van der Waals surface area contributed by atoms with Crippen molar-refractivity contribution in [2.75, 3.05) is 0 Å². The van der Waals surface area contributed by atoms with Gasteiger partial charge in [0.15, 0.2) is 0 Å². The first-order valence-electron chi connectivity index (χ1n) is 4.69. The van der Waals surface area contributed by atoms with E-state index in [1.807, 2.05) is 0 Å². The van der Waals surface area contributed by atoms with E-state index in [0.717, 1.165) is 12.5 Å². The molecule has 0 unspecified atom stereocenters. The standard InChI is InChI=1S/C10H10F2N2.H3NO/c11-7-3-6(4-8(12)5-7)9-1-2-10(13)14-9;1-2/h3-5,9H,1-2H2,(H2,13,14);2H,1H2/t9-;/m0./s1. The highest BCUT2D eigenvalue weighted by atomic mass is 19.1. The molecule has 0 saturated heterocycles. The van der Waals surface area contributed by atoms with Gasteiger partial charge in [-0.1, -0.05) is 0 Å². The van der Waals surface area contributed by atoms with Gasteiger partial charge in [0, 0.05) is 12.5 Å². The van der Waals surface area contributed by atoms with Crippen LogP contribution in [-0.4, -0.2) is 11.0 Å². The van der Waals surface area contributed by atoms with Gasteiger partial charge in [-0.05, 0) is 24.1 Å². The predicted octanol–water partition coefficient (Wildman–Crippen LogP) is 1.49. The SMILES string of the molecule is NC1=N[C@H](c2cc(F)cc(F)c2)CC1.NO. The molecular weight excluding hydrogens is 216 g/mol. The lowest BCUT2D eigenvalue weighted by Gasteiger charge is -2.06. The Hall–Kier alpha value is -1.53. The summed E-state index contributed by atoms with van der Waals surface area (Å²) >= 11 is 0. The van der Waals surface area contributed by atoms with Crippen LogP contribution in [0.4, 0.5) is 8.78 Å². The number of hydrogen-bond donors (Lipinski definition) is 3. The van der Waals surface area contributed by atoms with Crippen molar-refractivity contribution in [3.8, 4) is 0 Å². The van der Waals surface area contributed by atoms with Crippen molar-refractivity contribution >= 4 is 5.84 Å². The van der Waals surface area contributed by atoms with Crippen LogP contribution in [0.3, 0.4) is 0 Å². The van der Waals surface area contributed by atoms with E-state index < -0.39 is 11.6 Å². The number of nitrogens with two attached hydrogens (primary N) is 2. The Bertz CT molecular complexity index is 375. The maximum atomic E-state index is 12.9. The molecule has 0 aliphatic carbocycles. The number of aliphatic imine (C=N–C) groups is 1. The van der Waals surface area contributed by atoms with Crippen molar-refractivity contribution in [3.05, 3.63) is 35.4 Å². The average Bonchev–Trinajstić information content (AvgIpc) is 2.66. The molecule has 0 radical (unpaired) electrons. The molecule has 4 nitrogen and oxygen atoms in total. The van der Waals surface area contributed by atoms with Gasteiger partial charge in [-0.15, -0.1) is 0 Å². The van der Waals surface area contributed by atoms with Crippen LogP contribution in [0.2, 0.25) is 0 Å². The molecule has 0 amide bonds. The summed E-state index contributed by atoms with van der Waals surface area (Å²) < 4.78 is 25.7. The summed E-state index contributed by atoms with van der Waals surface area (Å²) in [5.41, 5.74) is 6.06. The van der Waals surface area contributed by atoms with Crippen molar-refractivity contribution in [2.45, 2.75) is 18.9 Å². The lowest BCUT2D eigenvalue weighted by Crippen LogP contribution is -2.05. The molecule has 5 N–H and O–H groups in total. The van der Waals surface area contributed by atoms with Gasteiger partial charge >= 0.3 is 0 Å². The van der Waals surface area contributed by atoms with Crippen LogP contribution >= 0.6 is 0 Å². The Morgan fingerprint density at radius 3 is 2.19 bits per heavy atom. The van der Waals surface area contributed by atoms with Crippen LogP contribution in [0, 0.1) is 11.6 Å². The molecule has 2 rings (SSSR count). The lowest BCUT2D eigenvalue weighted by molar-refractivity contribution is 0.311. The number of halogens is 2. The molecule has 0 fully saturated rings. The molecule has 88 valence electrons. The Balaban J connectivity index is 0.000000606. The largest absolute Gasteiger partial charge is 0.387 e. The molecule has 16 heavy (non-hydrogen) atoms. The van der Waals surface area contributed by atoms with Crippen molar-refractivity contribution < 1.29 is 14.0 Å². The number of rotatable bonds is 1. The van der Waals surface area contributed by atoms with Crippen LogP contribution in [0.15, 0.2) is 23.2 Å². The monoisotopic (exact) mass is 229 g/mol. The van der Waals surface area contributed by atoms with Crippen molar-refractivity contribution in [1.29, 1.82) is 0 Å². The minimum atomic E-state index is -0.569. The minimum Gasteiger partial charge on any atom is -0.387 e. The summed E-state index contributed by atoms with van der Waals surface area (Å²) in [7, 11) is 0. The van der Waals surface area contributed by atoms with Gasteiger partial charge < -0.3 is 10.9 Å². The minimum absolute atomic E-state index is 0.180. The molecule has 1 aromatic carbocycles. The molecule has 6 heteroatoms. The molecule has 1 aliphatic heterocycles. The summed E-state index contributed by atoms with van der Waals surface area (Å²) in [5.74, 6) is 2.92. The third-order valence-electron chi connectivity index (χ3n) is 2.27. The molecule has 0 saturated carbocycles. The van der Waals surface area contributed by atoms with E-state index in [1.54, 1.807) is 0 Å². The van der Waals surface area contributed by atoms with E-state index >= 15 is 0 Å². The molecule has 1 aromatic rings. The summed E-state index contributed by atoms with van der Waals surface area (Å²) in [6.07, 6.45) is 1.43. The second kappa shape index (κ2) is 5.53. The number of amidine groups is 1. The Kier molecular flexibility index (Phi) is 4.33. The van der Waals surface area contributed by atoms with Gasteiger partial charge in [0.1, 0.15) is 11.6 Å². The quantitative estimate of drug-likeness (QED) is 0.638. The third kappa shape index (κ3) is 2.98. The van der Waals surface area contributed by atoms with Crippen LogP contribution in [-0.2, 0) is 0 Å². The van der Waals surface area contributed by atoms with Crippen LogP contribution < -0.4 is 11.6 Å². The number of benzene rings is 1. The molecule has 0 aromatic heterocycles. The van der Waals surface area contributed by atoms with Gasteiger partial charge in [-0.2, -0.15) is 0 Å². The highest BCUT2D eigenvalue weighted by Crippen LogP contribution is 2.28. The summed E-state index contributed by atoms with van der Waals surface area (Å²) in [4.78, 5) is 4.10. The number of hydrogen-bond acceptors (Lipinski definition) is 4. The zero-order valence-corrected chi connectivity index (χ0v) is 8.53. The van der Waals surface area contributed by atoms with Gasteiger partial charge in [0.05, 0.1) is 11.9 Å². The first-order valence-corrected chi connectivity index (χ1v) is 4.69. The van der Waals surface area contributed by atoms with Crippen molar-refractivity contribution in [1.82, 2.24) is 0 Å². The molecule has 1 heterocycles. The first kappa shape index (κ1) is 12.5. The zero-order valence-electron chi connectivity index (χ0n) is 8.53. The average molecular weight is 229 g/mol. The van der Waals surface area contributed by atoms with Crippen LogP contribution in [0.1, 0.15) is 24.4 Å². The highest BCUT2D eigenvalue weighted by Gasteiger charge is 2.18. The number of nitrogens with zero attached hydrogens (tertiary/aromatic N) is 1. The first-order chi connectivity index (χ1) is 7.65. The Morgan fingerprint density at radius 2 is 1.75 bits per heavy atom. The summed E-state index contributed by atoms with van der Waals surface area (Å²) in [6.45, 7) is 0. The molecule has 1 aliphatic rings. The topological polar surface area (TPSA) is 84.6 Å². The normalized spacial score (nSPS) is 18.8. The van der Waals surface area contributed by atoms with Gasteiger partial charge in [-0.25, -0.2) is 14.7 Å². The second-order valence-corrected chi connectivity index (χ2v) is 3.38. The maximum Gasteiger partial charge on any atom is 0.126 e. The van der Waals surface area contributed by atoms with E-state index in [2.05, 4.69) is 10.9 Å². The van der Waals surface area contributed by atoms with Crippen molar-refractivity contribution in [3.63, 3.8) is 0 Å². The summed E-state index contributed by atoms with van der Waals surface area (Å²) in [5, 5.41) is 6.50. The Labute approximate surface area is 91.5 Å². The highest BCUT2D eigenvalue weighted by molar-refractivity contribution is 5.82. The van der Waals surface area contributed by atoms with Crippen LogP contribution in [0.25, 0.3) is 0 Å². The smallest absolute Gasteiger partial charge is 0.126 e. The zero-order chi connectivity index (χ0) is 12.1. The van der Waals surface area contributed by atoms with E-state index in [9.17, 15) is 8.78 Å². The van der Waals surface area contributed by atoms with Gasteiger partial charge in [0.25, 0.3) is 0 Å². The van der Waals surface area contributed by atoms with E-state index in [1.165, 1.54) is 12.1 Å². The fourth-order valence-corrected chi connectivity index (χ4v) is 1.62. The van der Waals surface area contributed by atoms with Gasteiger partial charge in [-0.3, -0.25) is 4.99 Å². The van der Waals surface area contributed by atoms with Crippen molar-refractivity contribution in [2.24, 2.45) is 16.6 Å². The van der Waals surface area contributed by atoms with Gasteiger partial charge in [0.2, 0.25) is 0 Å². The lowest BCUT2D eigenvalue weighted by atomic mass is 10.0. The molecular formula is C10H13F2N3O. The fourth-order valence-electron chi connectivity index (χ4n) is 1.62. The predicted molar refractivity (Wildman–Crippen MR) is 55.9 cm³/mol. The third-order valence-corrected chi connectivity index (χ3v) is 2.27. The molecule has 0 bridgehead atoms. The van der Waals surface area contributed by atoms with Crippen LogP contribution in [0.5, 0.6) is 0 Å².